The number of fused-ring (bicyclic) bond motifs is 2. The van der Waals surface area contributed by atoms with Gasteiger partial charge in [0, 0.05) is 29.2 Å². The molecule has 0 unspecified atom stereocenters. The molecule has 0 saturated heterocycles. The third kappa shape index (κ3) is 6.89. The van der Waals surface area contributed by atoms with Gasteiger partial charge >= 0.3 is 6.09 Å². The molecule has 206 valence electrons. The summed E-state index contributed by atoms with van der Waals surface area (Å²) in [5.41, 5.74) is 6.15. The Labute approximate surface area is 233 Å². The molecule has 1 aromatic heterocycles. The summed E-state index contributed by atoms with van der Waals surface area (Å²) in [6.45, 7) is 20.8. The van der Waals surface area contributed by atoms with Crippen molar-refractivity contribution < 1.29 is 9.53 Å². The molecule has 39 heavy (non-hydrogen) atoms. The number of aromatic nitrogens is 2. The van der Waals surface area contributed by atoms with Crippen molar-refractivity contribution in [2.75, 3.05) is 0 Å². The summed E-state index contributed by atoms with van der Waals surface area (Å²) in [5, 5.41) is 3.05. The van der Waals surface area contributed by atoms with E-state index in [-0.39, 0.29) is 16.9 Å². The quantitative estimate of drug-likeness (QED) is 0.344. The first-order chi connectivity index (χ1) is 18.0. The maximum atomic E-state index is 12.6. The molecule has 1 amide bonds. The number of carbonyl (C=O) groups excluding carboxylic acids is 1. The number of benzene rings is 2. The summed E-state index contributed by atoms with van der Waals surface area (Å²) in [6.07, 6.45) is 0.235. The number of aromatic amines is 1. The summed E-state index contributed by atoms with van der Waals surface area (Å²) in [7, 11) is 0. The fraction of sp³-hybridized carbons (Fsp3) is 0.485. The van der Waals surface area contributed by atoms with Crippen molar-refractivity contribution in [3.8, 4) is 11.8 Å². The Hall–Kier alpha value is -3.59. The number of amides is 1. The van der Waals surface area contributed by atoms with E-state index in [1.807, 2.05) is 45.0 Å². The molecule has 0 aliphatic carbocycles. The van der Waals surface area contributed by atoms with E-state index in [2.05, 4.69) is 82.7 Å². The van der Waals surface area contributed by atoms with Crippen LogP contribution >= 0.6 is 0 Å². The number of nitrogens with zero attached hydrogens (tertiary/aromatic N) is 2. The SMILES string of the molecule is C[C@H](c1nc2ccc(C#Cc3ccc4c(c3)CC([C@@H](NC(=O)OC(C)(C)C)C(C)(C)C)=N4)cc2[nH]1)C(C)(C)C. The summed E-state index contributed by atoms with van der Waals surface area (Å²) < 4.78 is 5.52. The molecule has 2 N–H and O–H groups in total. The van der Waals surface area contributed by atoms with Gasteiger partial charge in [-0.15, -0.1) is 0 Å². The number of H-pyrrole nitrogens is 1. The molecule has 1 aliphatic rings. The zero-order valence-electron chi connectivity index (χ0n) is 25.0. The molecule has 2 aromatic carbocycles. The van der Waals surface area contributed by atoms with Crippen LogP contribution in [-0.2, 0) is 11.2 Å². The molecule has 6 heteroatoms. The molecule has 6 nitrogen and oxygen atoms in total. The molecule has 2 heterocycles. The van der Waals surface area contributed by atoms with Crippen molar-refractivity contribution in [2.45, 2.75) is 93.2 Å². The smallest absolute Gasteiger partial charge is 0.408 e. The number of hydrogen-bond donors (Lipinski definition) is 2. The van der Waals surface area contributed by atoms with E-state index in [1.54, 1.807) is 0 Å². The van der Waals surface area contributed by atoms with Crippen LogP contribution in [0.1, 0.15) is 97.7 Å². The van der Waals surface area contributed by atoms with Crippen molar-refractivity contribution >= 4 is 28.5 Å². The van der Waals surface area contributed by atoms with Crippen molar-refractivity contribution in [1.82, 2.24) is 15.3 Å². The van der Waals surface area contributed by atoms with E-state index in [0.717, 1.165) is 44.9 Å². The first-order valence-electron chi connectivity index (χ1n) is 13.7. The minimum absolute atomic E-state index is 0.131. The van der Waals surface area contributed by atoms with E-state index >= 15 is 0 Å². The second-order valence-electron chi connectivity index (χ2n) is 13.8. The standard InChI is InChI=1S/C33H42N4O2/c1-20(31(2,3)4)29-35-25-16-14-22(18-26(25)36-29)12-11-21-13-15-24-23(17-21)19-27(34-24)28(32(5,6)7)37-30(38)39-33(8,9)10/h13-18,20,28H,19H2,1-10H3,(H,35,36)(H,37,38)/t20-,28-/m1/s1. The Balaban J connectivity index is 1.51. The number of ether oxygens (including phenoxy) is 1. The predicted octanol–water partition coefficient (Wildman–Crippen LogP) is 7.68. The van der Waals surface area contributed by atoms with Gasteiger partial charge < -0.3 is 15.0 Å². The zero-order valence-corrected chi connectivity index (χ0v) is 25.0. The molecule has 1 aliphatic heterocycles. The van der Waals surface area contributed by atoms with Crippen molar-refractivity contribution in [2.24, 2.45) is 15.8 Å². The average molecular weight is 527 g/mol. The third-order valence-corrected chi connectivity index (χ3v) is 7.14. The second-order valence-corrected chi connectivity index (χ2v) is 13.8. The van der Waals surface area contributed by atoms with Gasteiger partial charge in [-0.3, -0.25) is 4.99 Å². The highest BCUT2D eigenvalue weighted by atomic mass is 16.6. The molecule has 4 rings (SSSR count). The van der Waals surface area contributed by atoms with Gasteiger partial charge in [0.25, 0.3) is 0 Å². The summed E-state index contributed by atoms with van der Waals surface area (Å²) in [6, 6.07) is 12.0. The number of imidazole rings is 1. The van der Waals surface area contributed by atoms with Crippen LogP contribution in [0.2, 0.25) is 0 Å². The van der Waals surface area contributed by atoms with E-state index in [0.29, 0.717) is 12.3 Å². The first kappa shape index (κ1) is 28.4. The average Bonchev–Trinajstić information content (AvgIpc) is 3.41. The van der Waals surface area contributed by atoms with Crippen LogP contribution < -0.4 is 5.32 Å². The lowest BCUT2D eigenvalue weighted by Crippen LogP contribution is -2.50. The van der Waals surface area contributed by atoms with Crippen molar-refractivity contribution in [1.29, 1.82) is 0 Å². The van der Waals surface area contributed by atoms with E-state index in [1.165, 1.54) is 0 Å². The lowest BCUT2D eigenvalue weighted by atomic mass is 9.82. The molecular formula is C33H42N4O2. The summed E-state index contributed by atoms with van der Waals surface area (Å²) in [5.74, 6) is 7.95. The molecular weight excluding hydrogens is 484 g/mol. The maximum Gasteiger partial charge on any atom is 0.408 e. The molecule has 0 fully saturated rings. The highest BCUT2D eigenvalue weighted by Gasteiger charge is 2.34. The van der Waals surface area contributed by atoms with Crippen LogP contribution in [0.25, 0.3) is 11.0 Å². The van der Waals surface area contributed by atoms with Crippen LogP contribution in [0.3, 0.4) is 0 Å². The number of hydrogen-bond acceptors (Lipinski definition) is 4. The number of alkyl carbamates (subject to hydrolysis) is 1. The van der Waals surface area contributed by atoms with Gasteiger partial charge in [-0.25, -0.2) is 9.78 Å². The second kappa shape index (κ2) is 10.2. The third-order valence-electron chi connectivity index (χ3n) is 7.14. The van der Waals surface area contributed by atoms with Crippen LogP contribution in [0.4, 0.5) is 10.5 Å². The monoisotopic (exact) mass is 526 g/mol. The number of rotatable bonds is 3. The minimum atomic E-state index is -0.560. The Morgan fingerprint density at radius 3 is 2.21 bits per heavy atom. The number of aliphatic imine (C=N–C) groups is 1. The van der Waals surface area contributed by atoms with Gasteiger partial charge in [-0.2, -0.15) is 0 Å². The Kier molecular flexibility index (Phi) is 7.42. The van der Waals surface area contributed by atoms with Gasteiger partial charge in [0.1, 0.15) is 11.4 Å². The lowest BCUT2D eigenvalue weighted by molar-refractivity contribution is 0.0490. The Morgan fingerprint density at radius 2 is 1.59 bits per heavy atom. The molecule has 3 aromatic rings. The maximum absolute atomic E-state index is 12.6. The van der Waals surface area contributed by atoms with Crippen LogP contribution in [0, 0.1) is 22.7 Å². The highest BCUT2D eigenvalue weighted by Crippen LogP contribution is 2.34. The number of carbonyl (C=O) groups is 1. The van der Waals surface area contributed by atoms with Crippen molar-refractivity contribution in [3.63, 3.8) is 0 Å². The largest absolute Gasteiger partial charge is 0.444 e. The highest BCUT2D eigenvalue weighted by molar-refractivity contribution is 6.00. The topological polar surface area (TPSA) is 79.4 Å². The lowest BCUT2D eigenvalue weighted by Gasteiger charge is -2.32. The molecule has 0 spiro atoms. The van der Waals surface area contributed by atoms with Crippen LogP contribution in [0.5, 0.6) is 0 Å². The molecule has 0 radical (unpaired) electrons. The summed E-state index contributed by atoms with van der Waals surface area (Å²) in [4.78, 5) is 25.7. The minimum Gasteiger partial charge on any atom is -0.444 e. The van der Waals surface area contributed by atoms with E-state index in [9.17, 15) is 4.79 Å². The number of nitrogens with one attached hydrogen (secondary N) is 2. The molecule has 0 bridgehead atoms. The van der Waals surface area contributed by atoms with Gasteiger partial charge in [0.15, 0.2) is 0 Å². The van der Waals surface area contributed by atoms with Crippen molar-refractivity contribution in [3.05, 3.63) is 58.9 Å². The van der Waals surface area contributed by atoms with Gasteiger partial charge in [0.05, 0.1) is 22.8 Å². The Morgan fingerprint density at radius 1 is 0.949 bits per heavy atom. The first-order valence-corrected chi connectivity index (χ1v) is 13.7. The van der Waals surface area contributed by atoms with Gasteiger partial charge in [-0.1, -0.05) is 60.3 Å². The van der Waals surface area contributed by atoms with Gasteiger partial charge in [-0.05, 0) is 73.6 Å². The summed E-state index contributed by atoms with van der Waals surface area (Å²) >= 11 is 0. The van der Waals surface area contributed by atoms with Crippen LogP contribution in [0.15, 0.2) is 41.4 Å². The predicted molar refractivity (Wildman–Crippen MR) is 160 cm³/mol. The van der Waals surface area contributed by atoms with E-state index < -0.39 is 11.7 Å². The fourth-order valence-corrected chi connectivity index (χ4v) is 4.56. The zero-order chi connectivity index (χ0) is 28.8. The van der Waals surface area contributed by atoms with Crippen LogP contribution in [-0.4, -0.2) is 33.4 Å². The van der Waals surface area contributed by atoms with E-state index in [4.69, 9.17) is 14.7 Å². The fourth-order valence-electron chi connectivity index (χ4n) is 4.56. The molecule has 0 saturated carbocycles. The normalized spacial score (nSPS) is 15.2. The molecule has 2 atom stereocenters. The Bertz CT molecular complexity index is 1480. The van der Waals surface area contributed by atoms with Gasteiger partial charge in [0.2, 0.25) is 0 Å².